The maximum absolute atomic E-state index is 12.6. The predicted octanol–water partition coefficient (Wildman–Crippen LogP) is 4.98. The molecule has 3 rings (SSSR count). The Morgan fingerprint density at radius 1 is 1.19 bits per heavy atom. The number of carbonyl (C=O) groups is 2. The Hall–Kier alpha value is -3.64. The lowest BCUT2D eigenvalue weighted by Crippen LogP contribution is -2.31. The molecule has 2 amide bonds. The van der Waals surface area contributed by atoms with Gasteiger partial charge in [0, 0.05) is 24.1 Å². The molecule has 1 heterocycles. The molecule has 2 aromatic rings. The van der Waals surface area contributed by atoms with Crippen LogP contribution in [0.3, 0.4) is 0 Å². The van der Waals surface area contributed by atoms with E-state index in [-0.39, 0.29) is 24.0 Å². The first-order valence-electron chi connectivity index (χ1n) is 11.9. The summed E-state index contributed by atoms with van der Waals surface area (Å²) in [6.45, 7) is 5.09. The Labute approximate surface area is 216 Å². The number of thioether (sulfide) groups is 1. The van der Waals surface area contributed by atoms with E-state index < -0.39 is 5.92 Å². The summed E-state index contributed by atoms with van der Waals surface area (Å²) >= 11 is 1.13. The quantitative estimate of drug-likeness (QED) is 0.388. The first-order chi connectivity index (χ1) is 17.5. The smallest absolute Gasteiger partial charge is 0.234 e. The van der Waals surface area contributed by atoms with Gasteiger partial charge < -0.3 is 24.8 Å². The zero-order chi connectivity index (χ0) is 25.9. The lowest BCUT2D eigenvalue weighted by molar-refractivity contribution is -0.121. The van der Waals surface area contributed by atoms with Crippen molar-refractivity contribution in [3.05, 3.63) is 58.6 Å². The Balaban J connectivity index is 1.71. The highest BCUT2D eigenvalue weighted by atomic mass is 32.2. The number of nitrogens with zero attached hydrogens (tertiary/aromatic N) is 1. The van der Waals surface area contributed by atoms with Gasteiger partial charge in [-0.3, -0.25) is 9.59 Å². The number of ether oxygens (including phenoxy) is 3. The van der Waals surface area contributed by atoms with Crippen molar-refractivity contribution in [3.63, 3.8) is 0 Å². The highest BCUT2D eigenvalue weighted by Crippen LogP contribution is 2.39. The molecule has 0 aromatic heterocycles. The highest BCUT2D eigenvalue weighted by Gasteiger charge is 2.30. The summed E-state index contributed by atoms with van der Waals surface area (Å²) in [6.07, 6.45) is 2.12. The van der Waals surface area contributed by atoms with Gasteiger partial charge in [0.05, 0.1) is 42.7 Å². The van der Waals surface area contributed by atoms with Gasteiger partial charge in [0.2, 0.25) is 11.8 Å². The van der Waals surface area contributed by atoms with Crippen LogP contribution in [0.1, 0.15) is 44.6 Å². The maximum atomic E-state index is 12.6. The van der Waals surface area contributed by atoms with Crippen LogP contribution in [-0.4, -0.2) is 37.9 Å². The molecule has 1 aliphatic rings. The van der Waals surface area contributed by atoms with Crippen LogP contribution in [0.15, 0.2) is 53.1 Å². The van der Waals surface area contributed by atoms with Crippen LogP contribution in [-0.2, 0) is 9.59 Å². The predicted molar refractivity (Wildman–Crippen MR) is 140 cm³/mol. The average Bonchev–Trinajstić information content (AvgIpc) is 2.88. The Morgan fingerprint density at radius 3 is 2.75 bits per heavy atom. The van der Waals surface area contributed by atoms with Gasteiger partial charge in [-0.05, 0) is 43.2 Å². The number of allylic oxidation sites excluding steroid dienone is 1. The zero-order valence-corrected chi connectivity index (χ0v) is 21.6. The number of benzene rings is 2. The molecule has 0 unspecified atom stereocenters. The van der Waals surface area contributed by atoms with E-state index in [1.807, 2.05) is 25.1 Å². The molecule has 1 atom stereocenters. The van der Waals surface area contributed by atoms with E-state index in [0.29, 0.717) is 46.8 Å². The average molecular weight is 510 g/mol. The van der Waals surface area contributed by atoms with E-state index in [4.69, 9.17) is 14.2 Å². The van der Waals surface area contributed by atoms with Crippen molar-refractivity contribution < 1.29 is 23.8 Å². The fraction of sp³-hybridized carbons (Fsp3) is 0.370. The number of unbranched alkanes of at least 4 members (excludes halogenated alkanes) is 1. The van der Waals surface area contributed by atoms with Gasteiger partial charge in [-0.15, -0.1) is 0 Å². The summed E-state index contributed by atoms with van der Waals surface area (Å²) in [4.78, 5) is 25.1. The van der Waals surface area contributed by atoms with Crippen LogP contribution in [0, 0.1) is 11.3 Å². The van der Waals surface area contributed by atoms with Crippen LogP contribution in [0.2, 0.25) is 0 Å². The minimum absolute atomic E-state index is 0.0288. The zero-order valence-electron chi connectivity index (χ0n) is 20.8. The molecule has 2 N–H and O–H groups in total. The largest absolute Gasteiger partial charge is 0.494 e. The fourth-order valence-corrected chi connectivity index (χ4v) is 4.60. The van der Waals surface area contributed by atoms with E-state index in [1.165, 1.54) is 0 Å². The van der Waals surface area contributed by atoms with Crippen molar-refractivity contribution in [2.24, 2.45) is 0 Å². The number of rotatable bonds is 12. The molecule has 8 nitrogen and oxygen atoms in total. The second-order valence-electron chi connectivity index (χ2n) is 8.07. The van der Waals surface area contributed by atoms with Crippen molar-refractivity contribution >= 4 is 29.3 Å². The number of carbonyl (C=O) groups excluding carboxylic acids is 2. The van der Waals surface area contributed by atoms with Crippen molar-refractivity contribution in [1.29, 1.82) is 5.26 Å². The molecule has 0 saturated heterocycles. The number of anilines is 1. The van der Waals surface area contributed by atoms with E-state index in [2.05, 4.69) is 23.6 Å². The summed E-state index contributed by atoms with van der Waals surface area (Å²) in [7, 11) is 1.54. The minimum atomic E-state index is -0.448. The number of nitrogens with one attached hydrogen (secondary N) is 2. The van der Waals surface area contributed by atoms with E-state index in [0.717, 1.165) is 30.2 Å². The normalized spacial score (nSPS) is 15.1. The number of hydrogen-bond acceptors (Lipinski definition) is 7. The number of hydrogen-bond donors (Lipinski definition) is 2. The maximum Gasteiger partial charge on any atom is 0.234 e. The number of nitriles is 1. The molecule has 2 aromatic carbocycles. The number of methoxy groups -OCH3 is 1. The van der Waals surface area contributed by atoms with Gasteiger partial charge in [0.15, 0.2) is 11.5 Å². The topological polar surface area (TPSA) is 110 Å². The molecule has 0 fully saturated rings. The molecule has 1 aliphatic heterocycles. The van der Waals surface area contributed by atoms with Crippen LogP contribution >= 0.6 is 11.8 Å². The molecular formula is C27H31N3O5S. The third kappa shape index (κ3) is 7.18. The fourth-order valence-electron chi connectivity index (χ4n) is 3.73. The summed E-state index contributed by atoms with van der Waals surface area (Å²) in [5, 5.41) is 15.9. The monoisotopic (exact) mass is 509 g/mol. The summed E-state index contributed by atoms with van der Waals surface area (Å²) in [6, 6.07) is 14.8. The first kappa shape index (κ1) is 27.0. The van der Waals surface area contributed by atoms with Crippen LogP contribution < -0.4 is 24.8 Å². The summed E-state index contributed by atoms with van der Waals surface area (Å²) < 4.78 is 16.7. The molecule has 0 spiro atoms. The molecule has 0 aliphatic carbocycles. The molecule has 0 bridgehead atoms. The third-order valence-corrected chi connectivity index (χ3v) is 6.50. The third-order valence-electron chi connectivity index (χ3n) is 5.48. The lowest BCUT2D eigenvalue weighted by Gasteiger charge is -2.25. The Bertz CT molecular complexity index is 1160. The molecule has 36 heavy (non-hydrogen) atoms. The second kappa shape index (κ2) is 13.4. The van der Waals surface area contributed by atoms with Gasteiger partial charge in [-0.2, -0.15) is 5.26 Å². The molecule has 0 radical (unpaired) electrons. The minimum Gasteiger partial charge on any atom is -0.494 e. The van der Waals surface area contributed by atoms with E-state index >= 15 is 0 Å². The molecule has 9 heteroatoms. The van der Waals surface area contributed by atoms with Crippen molar-refractivity contribution in [2.75, 3.05) is 31.4 Å². The summed E-state index contributed by atoms with van der Waals surface area (Å²) in [5.41, 5.74) is 1.80. The van der Waals surface area contributed by atoms with Gasteiger partial charge in [0.25, 0.3) is 0 Å². The van der Waals surface area contributed by atoms with Crippen LogP contribution in [0.5, 0.6) is 17.2 Å². The molecule has 0 saturated carbocycles. The SMILES string of the molecule is CCCCOc1cccc(NC(=O)CSC2=C(C#N)[C@@H](c3ccc(OCC)c(OC)c3)CC(=O)N2)c1. The lowest BCUT2D eigenvalue weighted by atomic mass is 9.87. The van der Waals surface area contributed by atoms with Gasteiger partial charge >= 0.3 is 0 Å². The standard InChI is InChI=1S/C27H31N3O5S/c1-4-6-12-35-20-9-7-8-19(14-20)29-26(32)17-36-27-22(16-28)21(15-25(31)30-27)18-10-11-23(34-5-2)24(13-18)33-3/h7-11,13-14,21H,4-6,12,15,17H2,1-3H3,(H,29,32)(H,30,31)/t21-/m1/s1. The first-order valence-corrected chi connectivity index (χ1v) is 12.9. The Kier molecular flexibility index (Phi) is 10.1. The highest BCUT2D eigenvalue weighted by molar-refractivity contribution is 8.03. The van der Waals surface area contributed by atoms with Gasteiger partial charge in [-0.25, -0.2) is 0 Å². The van der Waals surface area contributed by atoms with E-state index in [9.17, 15) is 14.9 Å². The van der Waals surface area contributed by atoms with Gasteiger partial charge in [0.1, 0.15) is 5.75 Å². The van der Waals surface area contributed by atoms with Crippen molar-refractivity contribution in [1.82, 2.24) is 5.32 Å². The molecule has 190 valence electrons. The second-order valence-corrected chi connectivity index (χ2v) is 9.06. The van der Waals surface area contributed by atoms with Gasteiger partial charge in [-0.1, -0.05) is 37.2 Å². The summed E-state index contributed by atoms with van der Waals surface area (Å²) in [5.74, 6) is 0.930. The van der Waals surface area contributed by atoms with Crippen LogP contribution in [0.25, 0.3) is 0 Å². The van der Waals surface area contributed by atoms with Crippen LogP contribution in [0.4, 0.5) is 5.69 Å². The number of amides is 2. The Morgan fingerprint density at radius 2 is 2.03 bits per heavy atom. The van der Waals surface area contributed by atoms with E-state index in [1.54, 1.807) is 31.4 Å². The van der Waals surface area contributed by atoms with Crippen molar-refractivity contribution in [2.45, 2.75) is 39.0 Å². The molecular weight excluding hydrogens is 478 g/mol. The van der Waals surface area contributed by atoms with Crippen molar-refractivity contribution in [3.8, 4) is 23.3 Å².